The SMILES string of the molecule is CCC(=O)NC1CCN(Cc2ccc(OCCCN3CCCCC3)cc2)CC1. The summed E-state index contributed by atoms with van der Waals surface area (Å²) in [5.41, 5.74) is 1.33. The second-order valence-electron chi connectivity index (χ2n) is 8.22. The van der Waals surface area contributed by atoms with Crippen LogP contribution >= 0.6 is 0 Å². The maximum absolute atomic E-state index is 11.5. The van der Waals surface area contributed by atoms with Crippen LogP contribution in [0, 0.1) is 0 Å². The number of carbonyl (C=O) groups is 1. The minimum Gasteiger partial charge on any atom is -0.494 e. The molecule has 0 aromatic heterocycles. The average molecular weight is 388 g/mol. The van der Waals surface area contributed by atoms with Crippen molar-refractivity contribution in [3.8, 4) is 5.75 Å². The van der Waals surface area contributed by atoms with E-state index in [4.69, 9.17) is 4.74 Å². The predicted molar refractivity (Wildman–Crippen MR) is 114 cm³/mol. The molecule has 156 valence electrons. The molecule has 0 bridgehead atoms. The molecule has 28 heavy (non-hydrogen) atoms. The molecule has 2 aliphatic heterocycles. The van der Waals surface area contributed by atoms with Crippen molar-refractivity contribution in [2.24, 2.45) is 0 Å². The molecule has 5 nitrogen and oxygen atoms in total. The molecule has 0 unspecified atom stereocenters. The first-order chi connectivity index (χ1) is 13.7. The van der Waals surface area contributed by atoms with Crippen LogP contribution in [-0.4, -0.2) is 61.1 Å². The quantitative estimate of drug-likeness (QED) is 0.660. The largest absolute Gasteiger partial charge is 0.494 e. The number of hydrogen-bond donors (Lipinski definition) is 1. The van der Waals surface area contributed by atoms with Crippen molar-refractivity contribution in [3.05, 3.63) is 29.8 Å². The van der Waals surface area contributed by atoms with Crippen LogP contribution in [0.2, 0.25) is 0 Å². The van der Waals surface area contributed by atoms with Crippen molar-refractivity contribution < 1.29 is 9.53 Å². The average Bonchev–Trinajstić information content (AvgIpc) is 2.74. The number of hydrogen-bond acceptors (Lipinski definition) is 4. The van der Waals surface area contributed by atoms with Gasteiger partial charge in [-0.3, -0.25) is 9.69 Å². The summed E-state index contributed by atoms with van der Waals surface area (Å²) in [4.78, 5) is 16.6. The molecule has 0 saturated carbocycles. The highest BCUT2D eigenvalue weighted by atomic mass is 16.5. The third-order valence-corrected chi connectivity index (χ3v) is 5.94. The van der Waals surface area contributed by atoms with E-state index in [-0.39, 0.29) is 5.91 Å². The number of nitrogens with zero attached hydrogens (tertiary/aromatic N) is 2. The standard InChI is InChI=1S/C23H37N3O2/c1-2-23(27)24-21-11-16-26(17-12-21)19-20-7-9-22(10-8-20)28-18-6-15-25-13-4-3-5-14-25/h7-10,21H,2-6,11-19H2,1H3,(H,24,27). The second-order valence-corrected chi connectivity index (χ2v) is 8.22. The molecular weight excluding hydrogens is 350 g/mol. The normalized spacial score (nSPS) is 19.5. The van der Waals surface area contributed by atoms with Crippen LogP contribution in [0.15, 0.2) is 24.3 Å². The van der Waals surface area contributed by atoms with Gasteiger partial charge in [0.1, 0.15) is 5.75 Å². The van der Waals surface area contributed by atoms with E-state index in [2.05, 4.69) is 39.4 Å². The van der Waals surface area contributed by atoms with Crippen LogP contribution in [-0.2, 0) is 11.3 Å². The second kappa shape index (κ2) is 11.4. The summed E-state index contributed by atoms with van der Waals surface area (Å²) in [5.74, 6) is 1.15. The molecule has 3 rings (SSSR count). The fourth-order valence-electron chi connectivity index (χ4n) is 4.18. The van der Waals surface area contributed by atoms with Gasteiger partial charge in [-0.05, 0) is 62.9 Å². The lowest BCUT2D eigenvalue weighted by atomic mass is 10.0. The predicted octanol–water partition coefficient (Wildman–Crippen LogP) is 3.43. The Kier molecular flexibility index (Phi) is 8.62. The first-order valence-corrected chi connectivity index (χ1v) is 11.2. The fraction of sp³-hybridized carbons (Fsp3) is 0.696. The number of amides is 1. The molecule has 0 radical (unpaired) electrons. The summed E-state index contributed by atoms with van der Waals surface area (Å²) >= 11 is 0. The summed E-state index contributed by atoms with van der Waals surface area (Å²) in [7, 11) is 0. The highest BCUT2D eigenvalue weighted by molar-refractivity contribution is 5.75. The van der Waals surface area contributed by atoms with E-state index in [0.717, 1.165) is 57.8 Å². The number of nitrogens with one attached hydrogen (secondary N) is 1. The molecule has 2 saturated heterocycles. The number of likely N-dealkylation sites (tertiary alicyclic amines) is 2. The summed E-state index contributed by atoms with van der Waals surface area (Å²) in [6, 6.07) is 8.93. The molecule has 0 spiro atoms. The van der Waals surface area contributed by atoms with Gasteiger partial charge in [-0.2, -0.15) is 0 Å². The Morgan fingerprint density at radius 2 is 1.75 bits per heavy atom. The zero-order valence-electron chi connectivity index (χ0n) is 17.5. The van der Waals surface area contributed by atoms with Crippen molar-refractivity contribution in [1.82, 2.24) is 15.1 Å². The zero-order chi connectivity index (χ0) is 19.6. The molecule has 1 aromatic carbocycles. The van der Waals surface area contributed by atoms with E-state index in [1.54, 1.807) is 0 Å². The fourth-order valence-corrected chi connectivity index (χ4v) is 4.18. The number of ether oxygens (including phenoxy) is 1. The van der Waals surface area contributed by atoms with E-state index >= 15 is 0 Å². The van der Waals surface area contributed by atoms with E-state index in [0.29, 0.717) is 12.5 Å². The minimum atomic E-state index is 0.171. The molecule has 2 heterocycles. The van der Waals surface area contributed by atoms with Crippen molar-refractivity contribution in [1.29, 1.82) is 0 Å². The maximum atomic E-state index is 11.5. The first-order valence-electron chi connectivity index (χ1n) is 11.2. The third kappa shape index (κ3) is 7.10. The molecule has 2 aliphatic rings. The Bertz CT molecular complexity index is 576. The van der Waals surface area contributed by atoms with E-state index < -0.39 is 0 Å². The summed E-state index contributed by atoms with van der Waals surface area (Å²) in [6.07, 6.45) is 7.87. The third-order valence-electron chi connectivity index (χ3n) is 5.94. The number of rotatable bonds is 9. The lowest BCUT2D eigenvalue weighted by molar-refractivity contribution is -0.121. The molecule has 0 atom stereocenters. The van der Waals surface area contributed by atoms with Crippen molar-refractivity contribution >= 4 is 5.91 Å². The molecule has 1 aromatic rings. The monoisotopic (exact) mass is 387 g/mol. The van der Waals surface area contributed by atoms with Crippen LogP contribution < -0.4 is 10.1 Å². The van der Waals surface area contributed by atoms with Crippen LogP contribution in [0.1, 0.15) is 57.4 Å². The van der Waals surface area contributed by atoms with Crippen LogP contribution in [0.5, 0.6) is 5.75 Å². The highest BCUT2D eigenvalue weighted by Crippen LogP contribution is 2.17. The topological polar surface area (TPSA) is 44.8 Å². The van der Waals surface area contributed by atoms with Gasteiger partial charge in [0, 0.05) is 38.6 Å². The Morgan fingerprint density at radius 3 is 2.43 bits per heavy atom. The Hall–Kier alpha value is -1.59. The Balaban J connectivity index is 1.31. The number of carbonyl (C=O) groups excluding carboxylic acids is 1. The van der Waals surface area contributed by atoms with Gasteiger partial charge in [0.2, 0.25) is 5.91 Å². The lowest BCUT2D eigenvalue weighted by Crippen LogP contribution is -2.44. The van der Waals surface area contributed by atoms with E-state index in [1.807, 2.05) is 6.92 Å². The maximum Gasteiger partial charge on any atom is 0.219 e. The van der Waals surface area contributed by atoms with Crippen LogP contribution in [0.25, 0.3) is 0 Å². The molecule has 2 fully saturated rings. The Labute approximate surface area is 170 Å². The van der Waals surface area contributed by atoms with Gasteiger partial charge >= 0.3 is 0 Å². The van der Waals surface area contributed by atoms with E-state index in [1.165, 1.54) is 37.9 Å². The van der Waals surface area contributed by atoms with Crippen molar-refractivity contribution in [3.63, 3.8) is 0 Å². The lowest BCUT2D eigenvalue weighted by Gasteiger charge is -2.32. The van der Waals surface area contributed by atoms with Gasteiger partial charge in [-0.25, -0.2) is 0 Å². The van der Waals surface area contributed by atoms with Crippen molar-refractivity contribution in [2.75, 3.05) is 39.3 Å². The van der Waals surface area contributed by atoms with Crippen LogP contribution in [0.3, 0.4) is 0 Å². The van der Waals surface area contributed by atoms with Gasteiger partial charge < -0.3 is 15.0 Å². The zero-order valence-corrected chi connectivity index (χ0v) is 17.5. The molecule has 1 N–H and O–H groups in total. The summed E-state index contributed by atoms with van der Waals surface area (Å²) in [5, 5.41) is 3.12. The molecule has 0 aliphatic carbocycles. The highest BCUT2D eigenvalue weighted by Gasteiger charge is 2.20. The van der Waals surface area contributed by atoms with Gasteiger partial charge in [-0.15, -0.1) is 0 Å². The van der Waals surface area contributed by atoms with Crippen LogP contribution in [0.4, 0.5) is 0 Å². The van der Waals surface area contributed by atoms with E-state index in [9.17, 15) is 4.79 Å². The minimum absolute atomic E-state index is 0.171. The summed E-state index contributed by atoms with van der Waals surface area (Å²) in [6.45, 7) is 9.45. The van der Waals surface area contributed by atoms with Gasteiger partial charge in [0.05, 0.1) is 6.61 Å². The van der Waals surface area contributed by atoms with Gasteiger partial charge in [-0.1, -0.05) is 25.5 Å². The number of benzene rings is 1. The van der Waals surface area contributed by atoms with Gasteiger partial charge in [0.25, 0.3) is 0 Å². The first kappa shape index (κ1) is 21.1. The van der Waals surface area contributed by atoms with Gasteiger partial charge in [0.15, 0.2) is 0 Å². The molecule has 5 heteroatoms. The molecule has 1 amide bonds. The molecular formula is C23H37N3O2. The van der Waals surface area contributed by atoms with Crippen molar-refractivity contribution in [2.45, 2.75) is 64.5 Å². The Morgan fingerprint density at radius 1 is 1.04 bits per heavy atom. The number of piperidine rings is 2. The summed E-state index contributed by atoms with van der Waals surface area (Å²) < 4.78 is 5.92. The smallest absolute Gasteiger partial charge is 0.219 e.